The maximum Gasteiger partial charge on any atom is 0.414 e. The summed E-state index contributed by atoms with van der Waals surface area (Å²) in [5, 5.41) is 14.8. The van der Waals surface area contributed by atoms with Gasteiger partial charge in [0, 0.05) is 32.7 Å². The van der Waals surface area contributed by atoms with Crippen LogP contribution in [0.25, 0.3) is 0 Å². The minimum absolute atomic E-state index is 0.00640. The molecular weight excluding hydrogens is 407 g/mol. The maximum absolute atomic E-state index is 13.3. The largest absolute Gasteiger partial charge is 0.484 e. The average Bonchev–Trinajstić information content (AvgIpc) is 2.73. The zero-order chi connectivity index (χ0) is 22.8. The number of aliphatic carboxylic acids is 2. The number of nitrogens with zero attached hydrogens (tertiary/aromatic N) is 2. The predicted molar refractivity (Wildman–Crippen MR) is 110 cm³/mol. The summed E-state index contributed by atoms with van der Waals surface area (Å²) in [5.41, 5.74) is 2.07. The van der Waals surface area contributed by atoms with Crippen LogP contribution < -0.4 is 4.74 Å². The minimum atomic E-state index is -1.82. The van der Waals surface area contributed by atoms with Crippen molar-refractivity contribution in [1.82, 2.24) is 9.80 Å². The van der Waals surface area contributed by atoms with Crippen molar-refractivity contribution < 1.29 is 33.7 Å². The predicted octanol–water partition coefficient (Wildman–Crippen LogP) is 2.01. The molecule has 1 aliphatic rings. The van der Waals surface area contributed by atoms with E-state index in [9.17, 15) is 9.18 Å². The van der Waals surface area contributed by atoms with Crippen LogP contribution in [-0.2, 0) is 20.9 Å². The van der Waals surface area contributed by atoms with E-state index in [-0.39, 0.29) is 18.3 Å². The van der Waals surface area contributed by atoms with Crippen molar-refractivity contribution >= 4 is 17.8 Å². The zero-order valence-electron chi connectivity index (χ0n) is 17.2. The number of piperazine rings is 1. The molecule has 2 aromatic carbocycles. The van der Waals surface area contributed by atoms with Crippen molar-refractivity contribution in [2.45, 2.75) is 13.5 Å². The van der Waals surface area contributed by atoms with Gasteiger partial charge in [-0.3, -0.25) is 9.69 Å². The van der Waals surface area contributed by atoms with E-state index >= 15 is 0 Å². The Bertz CT molecular complexity index is 900. The number of amides is 1. The summed E-state index contributed by atoms with van der Waals surface area (Å²) < 4.78 is 18.8. The molecule has 1 saturated heterocycles. The number of halogens is 1. The number of aryl methyl sites for hydroxylation is 1. The highest BCUT2D eigenvalue weighted by atomic mass is 19.1. The van der Waals surface area contributed by atoms with Crippen LogP contribution in [0.2, 0.25) is 0 Å². The summed E-state index contributed by atoms with van der Waals surface area (Å²) in [7, 11) is 0. The van der Waals surface area contributed by atoms with Crippen LogP contribution in [0.1, 0.15) is 11.1 Å². The zero-order valence-corrected chi connectivity index (χ0v) is 17.2. The first kappa shape index (κ1) is 23.8. The molecule has 8 nitrogen and oxygen atoms in total. The number of carboxylic acids is 2. The highest BCUT2D eigenvalue weighted by molar-refractivity contribution is 6.27. The van der Waals surface area contributed by atoms with E-state index in [1.807, 2.05) is 42.2 Å². The third-order valence-electron chi connectivity index (χ3n) is 4.56. The smallest absolute Gasteiger partial charge is 0.414 e. The van der Waals surface area contributed by atoms with Crippen LogP contribution in [0.15, 0.2) is 48.5 Å². The quantitative estimate of drug-likeness (QED) is 0.696. The van der Waals surface area contributed by atoms with E-state index in [1.54, 1.807) is 12.1 Å². The second-order valence-electron chi connectivity index (χ2n) is 7.00. The molecule has 0 atom stereocenters. The van der Waals surface area contributed by atoms with E-state index in [4.69, 9.17) is 24.5 Å². The first-order valence-corrected chi connectivity index (χ1v) is 9.65. The lowest BCUT2D eigenvalue weighted by atomic mass is 10.2. The second-order valence-corrected chi connectivity index (χ2v) is 7.00. The number of hydrogen-bond donors (Lipinski definition) is 2. The van der Waals surface area contributed by atoms with Gasteiger partial charge in [0.15, 0.2) is 6.61 Å². The number of carboxylic acid groups (broad SMARTS) is 2. The van der Waals surface area contributed by atoms with Gasteiger partial charge in [-0.05, 0) is 42.3 Å². The van der Waals surface area contributed by atoms with E-state index < -0.39 is 11.9 Å². The maximum atomic E-state index is 13.3. The fourth-order valence-electron chi connectivity index (χ4n) is 2.99. The van der Waals surface area contributed by atoms with E-state index in [1.165, 1.54) is 6.07 Å². The highest BCUT2D eigenvalue weighted by Gasteiger charge is 2.21. The Morgan fingerprint density at radius 3 is 2.19 bits per heavy atom. The lowest BCUT2D eigenvalue weighted by Gasteiger charge is -2.34. The SMILES string of the molecule is Cc1cccc(OCC(=O)N2CCN(Cc3cccc(F)c3)CC2)c1.O=C(O)C(=O)O. The standard InChI is InChI=1S/C20H23FN2O2.C2H2O4/c1-16-4-2-7-19(12-16)25-15-20(24)23-10-8-22(9-11-23)14-17-5-3-6-18(21)13-17;3-1(4)2(5)6/h2-7,12-13H,8-11,14-15H2,1H3;(H,3,4)(H,5,6). The van der Waals surface area contributed by atoms with Crippen LogP contribution in [0.3, 0.4) is 0 Å². The summed E-state index contributed by atoms with van der Waals surface area (Å²) in [6, 6.07) is 14.4. The first-order chi connectivity index (χ1) is 14.7. The normalized spacial score (nSPS) is 13.7. The Morgan fingerprint density at radius 1 is 0.968 bits per heavy atom. The lowest BCUT2D eigenvalue weighted by Crippen LogP contribution is -2.49. The summed E-state index contributed by atoms with van der Waals surface area (Å²) in [6.45, 7) is 5.68. The van der Waals surface area contributed by atoms with Gasteiger partial charge < -0.3 is 19.8 Å². The van der Waals surface area contributed by atoms with Crippen LogP contribution in [-0.4, -0.2) is 70.6 Å². The molecule has 2 aromatic rings. The summed E-state index contributed by atoms with van der Waals surface area (Å²) >= 11 is 0. The van der Waals surface area contributed by atoms with E-state index in [0.717, 1.165) is 30.0 Å². The molecule has 2 N–H and O–H groups in total. The summed E-state index contributed by atoms with van der Waals surface area (Å²) in [5.74, 6) is -3.13. The van der Waals surface area contributed by atoms with Crippen LogP contribution in [0.5, 0.6) is 5.75 Å². The molecule has 0 radical (unpaired) electrons. The number of benzene rings is 2. The molecule has 166 valence electrons. The minimum Gasteiger partial charge on any atom is -0.484 e. The molecule has 0 unspecified atom stereocenters. The van der Waals surface area contributed by atoms with Crippen molar-refractivity contribution in [1.29, 1.82) is 0 Å². The van der Waals surface area contributed by atoms with Gasteiger partial charge in [-0.2, -0.15) is 0 Å². The third kappa shape index (κ3) is 8.43. The summed E-state index contributed by atoms with van der Waals surface area (Å²) in [6.07, 6.45) is 0. The highest BCUT2D eigenvalue weighted by Crippen LogP contribution is 2.13. The number of rotatable bonds is 5. The average molecular weight is 432 g/mol. The van der Waals surface area contributed by atoms with E-state index in [2.05, 4.69) is 4.90 Å². The molecule has 0 spiro atoms. The second kappa shape index (κ2) is 11.7. The Morgan fingerprint density at radius 2 is 1.61 bits per heavy atom. The number of carbonyl (C=O) groups excluding carboxylic acids is 1. The van der Waals surface area contributed by atoms with Gasteiger partial charge in [0.05, 0.1) is 0 Å². The Labute approximate surface area is 179 Å². The fourth-order valence-corrected chi connectivity index (χ4v) is 2.99. The number of hydrogen-bond acceptors (Lipinski definition) is 5. The topological polar surface area (TPSA) is 107 Å². The van der Waals surface area contributed by atoms with Crippen molar-refractivity contribution in [2.75, 3.05) is 32.8 Å². The molecule has 1 heterocycles. The van der Waals surface area contributed by atoms with Gasteiger partial charge in [0.2, 0.25) is 0 Å². The molecule has 1 fully saturated rings. The van der Waals surface area contributed by atoms with Crippen LogP contribution >= 0.6 is 0 Å². The van der Waals surface area contributed by atoms with Gasteiger partial charge >= 0.3 is 11.9 Å². The Balaban J connectivity index is 0.000000501. The molecule has 31 heavy (non-hydrogen) atoms. The molecule has 1 amide bonds. The van der Waals surface area contributed by atoms with Gasteiger partial charge in [0.1, 0.15) is 11.6 Å². The number of ether oxygens (including phenoxy) is 1. The van der Waals surface area contributed by atoms with Crippen molar-refractivity contribution in [3.63, 3.8) is 0 Å². The van der Waals surface area contributed by atoms with Gasteiger partial charge in [-0.1, -0.05) is 24.3 Å². The van der Waals surface area contributed by atoms with Crippen molar-refractivity contribution in [3.05, 3.63) is 65.5 Å². The molecular formula is C22H25FN2O6. The molecule has 1 aliphatic heterocycles. The van der Waals surface area contributed by atoms with Gasteiger partial charge in [-0.15, -0.1) is 0 Å². The van der Waals surface area contributed by atoms with Crippen molar-refractivity contribution in [2.24, 2.45) is 0 Å². The van der Waals surface area contributed by atoms with Crippen LogP contribution in [0.4, 0.5) is 4.39 Å². The molecule has 0 aliphatic carbocycles. The van der Waals surface area contributed by atoms with Crippen molar-refractivity contribution in [3.8, 4) is 5.75 Å². The Hall–Kier alpha value is -3.46. The van der Waals surface area contributed by atoms with E-state index in [0.29, 0.717) is 19.6 Å². The Kier molecular flexibility index (Phi) is 8.95. The molecule has 0 bridgehead atoms. The molecule has 0 saturated carbocycles. The van der Waals surface area contributed by atoms with Crippen LogP contribution in [0, 0.1) is 12.7 Å². The monoisotopic (exact) mass is 432 g/mol. The lowest BCUT2D eigenvalue weighted by molar-refractivity contribution is -0.159. The molecule has 0 aromatic heterocycles. The third-order valence-corrected chi connectivity index (χ3v) is 4.56. The fraction of sp³-hybridized carbons (Fsp3) is 0.318. The van der Waals surface area contributed by atoms with Gasteiger partial charge in [-0.25, -0.2) is 14.0 Å². The molecule has 9 heteroatoms. The molecule has 3 rings (SSSR count). The van der Waals surface area contributed by atoms with Gasteiger partial charge in [0.25, 0.3) is 5.91 Å². The summed E-state index contributed by atoms with van der Waals surface area (Å²) in [4.78, 5) is 34.6. The first-order valence-electron chi connectivity index (χ1n) is 9.65. The number of carbonyl (C=O) groups is 3.